The average Bonchev–Trinajstić information content (AvgIpc) is 2.25. The lowest BCUT2D eigenvalue weighted by Gasteiger charge is -2.21. The maximum absolute atomic E-state index is 11.5. The SMILES string of the molecule is COC(=O)C(C)(C)CCc1ccnc(Cl)c1. The van der Waals surface area contributed by atoms with E-state index in [1.165, 1.54) is 7.11 Å². The first-order valence-electron chi connectivity index (χ1n) is 5.14. The Bertz CT molecular complexity index is 377. The van der Waals surface area contributed by atoms with Crippen molar-refractivity contribution >= 4 is 17.6 Å². The minimum atomic E-state index is -0.468. The number of rotatable bonds is 4. The predicted octanol–water partition coefficient (Wildman–Crippen LogP) is 2.87. The van der Waals surface area contributed by atoms with E-state index in [1.54, 1.807) is 6.20 Å². The van der Waals surface area contributed by atoms with Gasteiger partial charge in [0.1, 0.15) is 5.15 Å². The largest absolute Gasteiger partial charge is 0.469 e. The van der Waals surface area contributed by atoms with E-state index in [2.05, 4.69) is 4.98 Å². The van der Waals surface area contributed by atoms with Gasteiger partial charge in [-0.25, -0.2) is 4.98 Å². The molecule has 0 radical (unpaired) electrons. The summed E-state index contributed by atoms with van der Waals surface area (Å²) in [5, 5.41) is 0.480. The number of aryl methyl sites for hydroxylation is 1. The van der Waals surface area contributed by atoms with Crippen molar-refractivity contribution in [2.45, 2.75) is 26.7 Å². The number of methoxy groups -OCH3 is 1. The predicted molar refractivity (Wildman–Crippen MR) is 63.4 cm³/mol. The first kappa shape index (κ1) is 13.0. The Morgan fingerprint density at radius 1 is 1.56 bits per heavy atom. The first-order chi connectivity index (χ1) is 7.45. The van der Waals surface area contributed by atoms with Gasteiger partial charge in [-0.3, -0.25) is 4.79 Å². The molecule has 3 nitrogen and oxygen atoms in total. The highest BCUT2D eigenvalue weighted by atomic mass is 35.5. The van der Waals surface area contributed by atoms with Gasteiger partial charge in [0, 0.05) is 6.20 Å². The monoisotopic (exact) mass is 241 g/mol. The van der Waals surface area contributed by atoms with Crippen LogP contribution in [0, 0.1) is 5.41 Å². The zero-order chi connectivity index (χ0) is 12.2. The molecule has 4 heteroatoms. The van der Waals surface area contributed by atoms with Crippen LogP contribution in [-0.2, 0) is 16.0 Å². The summed E-state index contributed by atoms with van der Waals surface area (Å²) < 4.78 is 4.75. The van der Waals surface area contributed by atoms with Crippen molar-refractivity contribution in [1.29, 1.82) is 0 Å². The van der Waals surface area contributed by atoms with Crippen LogP contribution >= 0.6 is 11.6 Å². The Labute approximate surface area is 101 Å². The lowest BCUT2D eigenvalue weighted by Crippen LogP contribution is -2.26. The van der Waals surface area contributed by atoms with E-state index >= 15 is 0 Å². The number of carbonyl (C=O) groups is 1. The van der Waals surface area contributed by atoms with Gasteiger partial charge in [0.05, 0.1) is 12.5 Å². The fourth-order valence-corrected chi connectivity index (χ4v) is 1.63. The van der Waals surface area contributed by atoms with Gasteiger partial charge in [0.25, 0.3) is 0 Å². The second-order valence-corrected chi connectivity index (χ2v) is 4.75. The summed E-state index contributed by atoms with van der Waals surface area (Å²) in [6, 6.07) is 3.72. The second kappa shape index (κ2) is 5.30. The topological polar surface area (TPSA) is 39.2 Å². The number of pyridine rings is 1. The number of esters is 1. The molecule has 0 aromatic carbocycles. The van der Waals surface area contributed by atoms with Crippen LogP contribution in [0.15, 0.2) is 18.3 Å². The summed E-state index contributed by atoms with van der Waals surface area (Å²) in [7, 11) is 1.41. The number of ether oxygens (including phenoxy) is 1. The van der Waals surface area contributed by atoms with Crippen LogP contribution in [0.1, 0.15) is 25.8 Å². The molecule has 0 saturated carbocycles. The third-order valence-corrected chi connectivity index (χ3v) is 2.77. The average molecular weight is 242 g/mol. The van der Waals surface area contributed by atoms with Crippen LogP contribution in [0.3, 0.4) is 0 Å². The number of hydrogen-bond acceptors (Lipinski definition) is 3. The van der Waals surface area contributed by atoms with E-state index in [4.69, 9.17) is 16.3 Å². The third kappa shape index (κ3) is 3.49. The van der Waals surface area contributed by atoms with Gasteiger partial charge >= 0.3 is 5.97 Å². The molecule has 1 rings (SSSR count). The van der Waals surface area contributed by atoms with E-state index in [1.807, 2.05) is 26.0 Å². The summed E-state index contributed by atoms with van der Waals surface area (Å²) in [4.78, 5) is 15.4. The van der Waals surface area contributed by atoms with E-state index in [-0.39, 0.29) is 5.97 Å². The summed E-state index contributed by atoms with van der Waals surface area (Å²) in [5.41, 5.74) is 0.613. The number of aromatic nitrogens is 1. The Balaban J connectivity index is 2.61. The van der Waals surface area contributed by atoms with Crippen LogP contribution < -0.4 is 0 Å². The van der Waals surface area contributed by atoms with Gasteiger partial charge in [-0.15, -0.1) is 0 Å². The lowest BCUT2D eigenvalue weighted by molar-refractivity contribution is -0.151. The number of carbonyl (C=O) groups excluding carboxylic acids is 1. The van der Waals surface area contributed by atoms with Crippen LogP contribution in [0.2, 0.25) is 5.15 Å². The Morgan fingerprint density at radius 2 is 2.25 bits per heavy atom. The molecule has 0 N–H and O–H groups in total. The lowest BCUT2D eigenvalue weighted by atomic mass is 9.86. The van der Waals surface area contributed by atoms with Crippen molar-refractivity contribution in [3.63, 3.8) is 0 Å². The summed E-state index contributed by atoms with van der Waals surface area (Å²) in [5.74, 6) is -0.187. The van der Waals surface area contributed by atoms with Gasteiger partial charge in [0.2, 0.25) is 0 Å². The normalized spacial score (nSPS) is 11.2. The first-order valence-corrected chi connectivity index (χ1v) is 5.52. The Hall–Kier alpha value is -1.09. The van der Waals surface area contributed by atoms with Gasteiger partial charge in [0.15, 0.2) is 0 Å². The molecular formula is C12H16ClNO2. The fraction of sp³-hybridized carbons (Fsp3) is 0.500. The maximum Gasteiger partial charge on any atom is 0.311 e. The highest BCUT2D eigenvalue weighted by Crippen LogP contribution is 2.24. The van der Waals surface area contributed by atoms with E-state index < -0.39 is 5.41 Å². The second-order valence-electron chi connectivity index (χ2n) is 4.36. The van der Waals surface area contributed by atoms with Crippen LogP contribution in [0.4, 0.5) is 0 Å². The molecule has 0 aliphatic heterocycles. The molecule has 16 heavy (non-hydrogen) atoms. The molecule has 0 bridgehead atoms. The maximum atomic E-state index is 11.5. The van der Waals surface area contributed by atoms with Crippen molar-refractivity contribution < 1.29 is 9.53 Å². The summed E-state index contributed by atoms with van der Waals surface area (Å²) >= 11 is 5.78. The highest BCUT2D eigenvalue weighted by molar-refractivity contribution is 6.29. The number of hydrogen-bond donors (Lipinski definition) is 0. The van der Waals surface area contributed by atoms with Crippen LogP contribution in [0.25, 0.3) is 0 Å². The van der Waals surface area contributed by atoms with Crippen LogP contribution in [0.5, 0.6) is 0 Å². The third-order valence-electron chi connectivity index (χ3n) is 2.57. The highest BCUT2D eigenvalue weighted by Gasteiger charge is 2.28. The molecular weight excluding hydrogens is 226 g/mol. The van der Waals surface area contributed by atoms with E-state index in [0.29, 0.717) is 5.15 Å². The Kier molecular flexibility index (Phi) is 4.30. The van der Waals surface area contributed by atoms with Gasteiger partial charge in [-0.1, -0.05) is 11.6 Å². The van der Waals surface area contributed by atoms with Crippen molar-refractivity contribution in [1.82, 2.24) is 4.98 Å². The molecule has 1 aromatic heterocycles. The minimum Gasteiger partial charge on any atom is -0.469 e. The molecule has 0 spiro atoms. The Morgan fingerprint density at radius 3 is 2.81 bits per heavy atom. The fourth-order valence-electron chi connectivity index (χ4n) is 1.43. The molecule has 0 aliphatic rings. The van der Waals surface area contributed by atoms with Gasteiger partial charge in [-0.2, -0.15) is 0 Å². The number of nitrogens with zero attached hydrogens (tertiary/aromatic N) is 1. The molecule has 1 heterocycles. The zero-order valence-corrected chi connectivity index (χ0v) is 10.5. The summed E-state index contributed by atoms with van der Waals surface area (Å²) in [6.45, 7) is 3.75. The van der Waals surface area contributed by atoms with Gasteiger partial charge < -0.3 is 4.74 Å². The molecule has 0 atom stereocenters. The standard InChI is InChI=1S/C12H16ClNO2/c1-12(2,11(15)16-3)6-4-9-5-7-14-10(13)8-9/h5,7-8H,4,6H2,1-3H3. The van der Waals surface area contributed by atoms with E-state index in [0.717, 1.165) is 18.4 Å². The van der Waals surface area contributed by atoms with Crippen molar-refractivity contribution in [2.24, 2.45) is 5.41 Å². The van der Waals surface area contributed by atoms with Crippen LogP contribution in [-0.4, -0.2) is 18.1 Å². The smallest absolute Gasteiger partial charge is 0.311 e. The molecule has 0 fully saturated rings. The minimum absolute atomic E-state index is 0.187. The van der Waals surface area contributed by atoms with Crippen molar-refractivity contribution in [2.75, 3.05) is 7.11 Å². The number of halogens is 1. The molecule has 88 valence electrons. The van der Waals surface area contributed by atoms with Gasteiger partial charge in [-0.05, 0) is 44.4 Å². The molecule has 1 aromatic rings. The van der Waals surface area contributed by atoms with E-state index in [9.17, 15) is 4.79 Å². The zero-order valence-electron chi connectivity index (χ0n) is 9.79. The van der Waals surface area contributed by atoms with Crippen molar-refractivity contribution in [3.05, 3.63) is 29.0 Å². The molecule has 0 amide bonds. The molecule has 0 saturated heterocycles. The van der Waals surface area contributed by atoms with Crippen molar-refractivity contribution in [3.8, 4) is 0 Å². The summed E-state index contributed by atoms with van der Waals surface area (Å²) in [6.07, 6.45) is 3.17. The molecule has 0 unspecified atom stereocenters. The molecule has 0 aliphatic carbocycles. The quantitative estimate of drug-likeness (QED) is 0.601.